The molecule has 0 atom stereocenters. The largest absolute Gasteiger partial charge is 0.333 e. The fraction of sp³-hybridized carbons (Fsp3) is 0.143. The summed E-state index contributed by atoms with van der Waals surface area (Å²) in [5.41, 5.74) is 11.6. The predicted octanol–water partition coefficient (Wildman–Crippen LogP) is 11.0. The number of aromatic nitrogens is 3. The maximum absolute atomic E-state index is 5.07. The van der Waals surface area contributed by atoms with Crippen LogP contribution in [0.3, 0.4) is 0 Å². The van der Waals surface area contributed by atoms with Crippen molar-refractivity contribution in [2.75, 3.05) is 0 Å². The quantitative estimate of drug-likeness (QED) is 0.158. The van der Waals surface area contributed by atoms with Crippen molar-refractivity contribution in [2.45, 2.75) is 39.5 Å². The van der Waals surface area contributed by atoms with Gasteiger partial charge in [-0.15, -0.1) is 71.8 Å². The molecule has 0 N–H and O–H groups in total. The molecule has 0 saturated heterocycles. The molecule has 0 saturated carbocycles. The van der Waals surface area contributed by atoms with Crippen LogP contribution in [0, 0.1) is 12.1 Å². The fourth-order valence-electron chi connectivity index (χ4n) is 5.66. The Labute approximate surface area is 286 Å². The first-order valence-corrected chi connectivity index (χ1v) is 15.6. The zero-order chi connectivity index (χ0) is 31.2. The summed E-state index contributed by atoms with van der Waals surface area (Å²) < 4.78 is 2.36. The molecular weight excluding hydrogens is 739 g/mol. The molecule has 7 aromatic rings. The Balaban J connectivity index is 0.000000269. The number of benzene rings is 5. The smallest absolute Gasteiger partial charge is 0.0774 e. The van der Waals surface area contributed by atoms with E-state index in [9.17, 15) is 0 Å². The van der Waals surface area contributed by atoms with Gasteiger partial charge in [-0.05, 0) is 70.1 Å². The summed E-state index contributed by atoms with van der Waals surface area (Å²) in [6.07, 6.45) is 1.79. The van der Waals surface area contributed by atoms with Gasteiger partial charge in [0, 0.05) is 32.0 Å². The Morgan fingerprint density at radius 2 is 1.17 bits per heavy atom. The Morgan fingerprint density at radius 3 is 1.76 bits per heavy atom. The average Bonchev–Trinajstić information content (AvgIpc) is 3.49. The molecule has 46 heavy (non-hydrogen) atoms. The van der Waals surface area contributed by atoms with Gasteiger partial charge >= 0.3 is 0 Å². The summed E-state index contributed by atoms with van der Waals surface area (Å²) in [5, 5.41) is 0. The molecule has 1 radical (unpaired) electrons. The average molecular weight is 776 g/mol. The van der Waals surface area contributed by atoms with E-state index in [4.69, 9.17) is 4.98 Å². The van der Waals surface area contributed by atoms with Crippen molar-refractivity contribution < 1.29 is 20.1 Å². The maximum atomic E-state index is 5.07. The van der Waals surface area contributed by atoms with Crippen LogP contribution in [0.25, 0.3) is 50.5 Å². The van der Waals surface area contributed by atoms with Crippen LogP contribution < -0.4 is 0 Å². The van der Waals surface area contributed by atoms with Crippen molar-refractivity contribution >= 4 is 11.0 Å². The Kier molecular flexibility index (Phi) is 10.8. The van der Waals surface area contributed by atoms with Crippen LogP contribution in [-0.4, -0.2) is 14.5 Å². The van der Waals surface area contributed by atoms with Gasteiger partial charge in [0.1, 0.15) is 0 Å². The summed E-state index contributed by atoms with van der Waals surface area (Å²) in [5.74, 6) is 1.65. The SMILES string of the molecule is CC(C)c1cc(-c2ccccc2)cc(C(C)C)c1-n1c(-c2[c-]cccc2)nc2ccccc21.[Ir].[c-]1ccccc1-c1ccccn1. The summed E-state index contributed by atoms with van der Waals surface area (Å²) in [6.45, 7) is 9.13. The van der Waals surface area contributed by atoms with E-state index >= 15 is 0 Å². The molecule has 4 heteroatoms. The van der Waals surface area contributed by atoms with Crippen molar-refractivity contribution in [3.05, 3.63) is 163 Å². The summed E-state index contributed by atoms with van der Waals surface area (Å²) >= 11 is 0. The van der Waals surface area contributed by atoms with Gasteiger partial charge in [0.15, 0.2) is 0 Å². The number of fused-ring (bicyclic) bond motifs is 1. The molecule has 0 aliphatic carbocycles. The second-order valence-corrected chi connectivity index (χ2v) is 11.7. The number of rotatable bonds is 6. The van der Waals surface area contributed by atoms with Gasteiger partial charge in [-0.25, -0.2) is 0 Å². The van der Waals surface area contributed by atoms with E-state index < -0.39 is 0 Å². The number of hydrogen-bond donors (Lipinski definition) is 0. The van der Waals surface area contributed by atoms with Crippen molar-refractivity contribution in [1.29, 1.82) is 0 Å². The summed E-state index contributed by atoms with van der Waals surface area (Å²) in [4.78, 5) is 9.29. The molecule has 0 bridgehead atoms. The summed E-state index contributed by atoms with van der Waals surface area (Å²) in [6, 6.07) is 52.2. The maximum Gasteiger partial charge on any atom is 0.0774 e. The van der Waals surface area contributed by atoms with Gasteiger partial charge in [0.05, 0.1) is 16.9 Å². The van der Waals surface area contributed by atoms with Gasteiger partial charge in [-0.3, -0.25) is 4.98 Å². The van der Waals surface area contributed by atoms with Gasteiger partial charge in [-0.2, -0.15) is 0 Å². The third-order valence-corrected chi connectivity index (χ3v) is 7.90. The van der Waals surface area contributed by atoms with Crippen LogP contribution >= 0.6 is 0 Å². The van der Waals surface area contributed by atoms with Crippen molar-refractivity contribution in [2.24, 2.45) is 0 Å². The third kappa shape index (κ3) is 7.10. The van der Waals surface area contributed by atoms with Crippen LogP contribution in [0.15, 0.2) is 140 Å². The van der Waals surface area contributed by atoms with Gasteiger partial charge in [-0.1, -0.05) is 82.3 Å². The number of pyridine rings is 1. The molecule has 7 rings (SSSR count). The van der Waals surface area contributed by atoms with Crippen molar-refractivity contribution in [1.82, 2.24) is 14.5 Å². The minimum absolute atomic E-state index is 0. The molecule has 231 valence electrons. The minimum atomic E-state index is 0. The second-order valence-electron chi connectivity index (χ2n) is 11.7. The molecule has 5 aromatic carbocycles. The van der Waals surface area contributed by atoms with Gasteiger partial charge in [0.2, 0.25) is 0 Å². The molecule has 0 unspecified atom stereocenters. The van der Waals surface area contributed by atoms with Crippen LogP contribution in [0.5, 0.6) is 0 Å². The zero-order valence-electron chi connectivity index (χ0n) is 26.6. The Morgan fingerprint density at radius 1 is 0.587 bits per heavy atom. The molecular formula is C42H37IrN3-2. The van der Waals surface area contributed by atoms with Crippen molar-refractivity contribution in [3.63, 3.8) is 0 Å². The van der Waals surface area contributed by atoms with Crippen molar-refractivity contribution in [3.8, 4) is 39.5 Å². The predicted molar refractivity (Wildman–Crippen MR) is 187 cm³/mol. The van der Waals surface area contributed by atoms with E-state index in [1.165, 1.54) is 27.9 Å². The second kappa shape index (κ2) is 15.1. The molecule has 0 fully saturated rings. The van der Waals surface area contributed by atoms with Crippen LogP contribution in [0.1, 0.15) is 50.7 Å². The minimum Gasteiger partial charge on any atom is -0.333 e. The molecule has 3 nitrogen and oxygen atoms in total. The first kappa shape index (κ1) is 32.8. The first-order chi connectivity index (χ1) is 22.0. The Bertz CT molecular complexity index is 1920. The standard InChI is InChI=1S/C31H29N2.C11H8N.Ir/c1-21(2)26-19-25(23-13-7-5-8-14-23)20-27(22(3)4)30(26)33-29-18-12-11-17-28(29)32-31(33)24-15-9-6-10-16-24;1-2-6-10(7-3-1)11-8-4-5-9-12-11;/h5-15,17-22H,1-4H3;1-6,8-9H;/q2*-1;. The molecule has 0 spiro atoms. The fourth-order valence-corrected chi connectivity index (χ4v) is 5.66. The van der Waals surface area contributed by atoms with E-state index in [0.717, 1.165) is 33.7 Å². The number of hydrogen-bond acceptors (Lipinski definition) is 2. The number of para-hydroxylation sites is 2. The topological polar surface area (TPSA) is 30.7 Å². The van der Waals surface area contributed by atoms with E-state index in [1.807, 2.05) is 54.6 Å². The van der Waals surface area contributed by atoms with E-state index in [-0.39, 0.29) is 20.1 Å². The summed E-state index contributed by atoms with van der Waals surface area (Å²) in [7, 11) is 0. The monoisotopic (exact) mass is 776 g/mol. The normalized spacial score (nSPS) is 10.8. The van der Waals surface area contributed by atoms with E-state index in [1.54, 1.807) is 6.20 Å². The molecule has 0 aliphatic rings. The van der Waals surface area contributed by atoms with E-state index in [2.05, 4.69) is 128 Å². The molecule has 2 aromatic heterocycles. The number of nitrogens with zero attached hydrogens (tertiary/aromatic N) is 3. The number of imidazole rings is 1. The Hall–Kier alpha value is -4.63. The molecule has 0 amide bonds. The van der Waals surface area contributed by atoms with Gasteiger partial charge < -0.3 is 9.55 Å². The van der Waals surface area contributed by atoms with E-state index in [0.29, 0.717) is 11.8 Å². The first-order valence-electron chi connectivity index (χ1n) is 15.6. The van der Waals surface area contributed by atoms with Crippen LogP contribution in [0.2, 0.25) is 0 Å². The van der Waals surface area contributed by atoms with Crippen LogP contribution in [0.4, 0.5) is 0 Å². The zero-order valence-corrected chi connectivity index (χ0v) is 29.0. The third-order valence-electron chi connectivity index (χ3n) is 7.90. The van der Waals surface area contributed by atoms with Crippen LogP contribution in [-0.2, 0) is 20.1 Å². The van der Waals surface area contributed by atoms with Gasteiger partial charge in [0.25, 0.3) is 0 Å². The molecule has 0 aliphatic heterocycles. The molecule has 2 heterocycles.